The molecule has 0 bridgehead atoms. The molecule has 1 unspecified atom stereocenters. The lowest BCUT2D eigenvalue weighted by Gasteiger charge is -2.18. The summed E-state index contributed by atoms with van der Waals surface area (Å²) >= 11 is 1.78. The highest BCUT2D eigenvalue weighted by atomic mass is 32.2. The van der Waals surface area contributed by atoms with Crippen molar-refractivity contribution >= 4 is 11.8 Å². The van der Waals surface area contributed by atoms with E-state index in [2.05, 4.69) is 83.0 Å². The predicted molar refractivity (Wildman–Crippen MR) is 92.7 cm³/mol. The summed E-state index contributed by atoms with van der Waals surface area (Å²) < 4.78 is 2.31. The number of nitrogens with one attached hydrogen (secondary N) is 1. The number of aromatic nitrogens is 1. The number of thioether (sulfide) groups is 1. The van der Waals surface area contributed by atoms with Gasteiger partial charge in [-0.15, -0.1) is 11.8 Å². The molecule has 2 nitrogen and oxygen atoms in total. The Bertz CT molecular complexity index is 789. The van der Waals surface area contributed by atoms with Crippen molar-refractivity contribution in [2.75, 3.05) is 6.26 Å². The van der Waals surface area contributed by atoms with E-state index in [4.69, 9.17) is 0 Å². The Labute approximate surface area is 135 Å². The van der Waals surface area contributed by atoms with Gasteiger partial charge in [0.05, 0.1) is 6.04 Å². The molecule has 1 atom stereocenters. The van der Waals surface area contributed by atoms with Crippen LogP contribution in [0.4, 0.5) is 0 Å². The van der Waals surface area contributed by atoms with Crippen LogP contribution in [0.3, 0.4) is 0 Å². The van der Waals surface area contributed by atoms with Gasteiger partial charge in [-0.3, -0.25) is 0 Å². The zero-order valence-corrected chi connectivity index (χ0v) is 13.3. The van der Waals surface area contributed by atoms with Gasteiger partial charge in [-0.25, -0.2) is 0 Å². The molecule has 0 radical (unpaired) electrons. The molecule has 2 heterocycles. The molecular formula is C19H18N2S. The highest BCUT2D eigenvalue weighted by Crippen LogP contribution is 2.31. The van der Waals surface area contributed by atoms with Crippen LogP contribution in [-0.2, 0) is 6.54 Å². The molecule has 4 rings (SSSR count). The topological polar surface area (TPSA) is 17.0 Å². The summed E-state index contributed by atoms with van der Waals surface area (Å²) in [5.41, 5.74) is 5.22. The Morgan fingerprint density at radius 1 is 1.00 bits per heavy atom. The van der Waals surface area contributed by atoms with E-state index in [0.29, 0.717) is 0 Å². The normalized spacial score (nSPS) is 16.7. The fourth-order valence-corrected chi connectivity index (χ4v) is 3.55. The van der Waals surface area contributed by atoms with E-state index >= 15 is 0 Å². The SMILES string of the molecule is CSc1ccc(C2NCc3ccccc3-n3cccc32)cc1. The van der Waals surface area contributed by atoms with E-state index in [0.717, 1.165) is 6.54 Å². The van der Waals surface area contributed by atoms with Crippen LogP contribution in [0.5, 0.6) is 0 Å². The van der Waals surface area contributed by atoms with Gasteiger partial charge in [0.25, 0.3) is 0 Å². The smallest absolute Gasteiger partial charge is 0.0737 e. The average molecular weight is 306 g/mol. The minimum absolute atomic E-state index is 0.221. The van der Waals surface area contributed by atoms with Gasteiger partial charge >= 0.3 is 0 Å². The van der Waals surface area contributed by atoms with Crippen molar-refractivity contribution in [1.82, 2.24) is 9.88 Å². The number of benzene rings is 2. The third kappa shape index (κ3) is 2.27. The van der Waals surface area contributed by atoms with Crippen LogP contribution < -0.4 is 5.32 Å². The van der Waals surface area contributed by atoms with E-state index < -0.39 is 0 Å². The molecule has 0 aliphatic carbocycles. The van der Waals surface area contributed by atoms with Gasteiger partial charge in [-0.2, -0.15) is 0 Å². The van der Waals surface area contributed by atoms with Gasteiger partial charge in [-0.1, -0.05) is 30.3 Å². The van der Waals surface area contributed by atoms with Crippen LogP contribution in [0, 0.1) is 0 Å². The lowest BCUT2D eigenvalue weighted by Crippen LogP contribution is -2.21. The van der Waals surface area contributed by atoms with Gasteiger partial charge in [0.1, 0.15) is 0 Å². The first-order valence-corrected chi connectivity index (χ1v) is 8.72. The lowest BCUT2D eigenvalue weighted by molar-refractivity contribution is 0.600. The Hall–Kier alpha value is -1.97. The van der Waals surface area contributed by atoms with Crippen molar-refractivity contribution in [2.24, 2.45) is 0 Å². The maximum atomic E-state index is 3.71. The van der Waals surface area contributed by atoms with Crippen molar-refractivity contribution in [2.45, 2.75) is 17.5 Å². The molecule has 22 heavy (non-hydrogen) atoms. The first-order chi connectivity index (χ1) is 10.9. The minimum atomic E-state index is 0.221. The number of hydrogen-bond acceptors (Lipinski definition) is 2. The van der Waals surface area contributed by atoms with Gasteiger partial charge in [0, 0.05) is 29.0 Å². The lowest BCUT2D eigenvalue weighted by atomic mass is 10.0. The second kappa shape index (κ2) is 5.67. The summed E-state index contributed by atoms with van der Waals surface area (Å²) in [7, 11) is 0. The Morgan fingerprint density at radius 2 is 1.82 bits per heavy atom. The van der Waals surface area contributed by atoms with Crippen molar-refractivity contribution in [3.8, 4) is 5.69 Å². The minimum Gasteiger partial charge on any atom is -0.319 e. The number of hydrogen-bond donors (Lipinski definition) is 1. The zero-order valence-electron chi connectivity index (χ0n) is 12.5. The summed E-state index contributed by atoms with van der Waals surface area (Å²) in [4.78, 5) is 1.30. The predicted octanol–water partition coefficient (Wildman–Crippen LogP) is 4.39. The molecule has 1 aliphatic heterocycles. The molecular weight excluding hydrogens is 288 g/mol. The molecule has 3 heteroatoms. The summed E-state index contributed by atoms with van der Waals surface area (Å²) in [5, 5.41) is 3.71. The molecule has 0 fully saturated rings. The maximum Gasteiger partial charge on any atom is 0.0737 e. The molecule has 1 aromatic heterocycles. The largest absolute Gasteiger partial charge is 0.319 e. The molecule has 0 spiro atoms. The molecule has 1 aliphatic rings. The number of fused-ring (bicyclic) bond motifs is 3. The zero-order chi connectivity index (χ0) is 14.9. The van der Waals surface area contributed by atoms with Crippen molar-refractivity contribution < 1.29 is 0 Å². The molecule has 110 valence electrons. The van der Waals surface area contributed by atoms with E-state index in [-0.39, 0.29) is 6.04 Å². The second-order valence-electron chi connectivity index (χ2n) is 5.52. The van der Waals surface area contributed by atoms with Gasteiger partial charge in [0.2, 0.25) is 0 Å². The second-order valence-corrected chi connectivity index (χ2v) is 6.40. The third-order valence-electron chi connectivity index (χ3n) is 4.27. The fourth-order valence-electron chi connectivity index (χ4n) is 3.15. The molecule has 2 aromatic carbocycles. The van der Waals surface area contributed by atoms with E-state index in [1.807, 2.05) is 0 Å². The molecule has 3 aromatic rings. The maximum absolute atomic E-state index is 3.71. The monoisotopic (exact) mass is 306 g/mol. The van der Waals surface area contributed by atoms with Crippen molar-refractivity contribution in [1.29, 1.82) is 0 Å². The molecule has 0 saturated heterocycles. The van der Waals surface area contributed by atoms with Gasteiger partial charge in [0.15, 0.2) is 0 Å². The van der Waals surface area contributed by atoms with Crippen LogP contribution in [0.25, 0.3) is 5.69 Å². The average Bonchev–Trinajstić information content (AvgIpc) is 3.00. The van der Waals surface area contributed by atoms with Crippen LogP contribution in [0.2, 0.25) is 0 Å². The Balaban J connectivity index is 1.80. The summed E-state index contributed by atoms with van der Waals surface area (Å²) in [5.74, 6) is 0. The first-order valence-electron chi connectivity index (χ1n) is 7.49. The third-order valence-corrected chi connectivity index (χ3v) is 5.02. The van der Waals surface area contributed by atoms with Gasteiger partial charge in [-0.05, 0) is 47.7 Å². The highest BCUT2D eigenvalue weighted by molar-refractivity contribution is 7.98. The standard InChI is InChI=1S/C19H18N2S/c1-22-16-10-8-14(9-11-16)19-18-7-4-12-21(18)17-6-3-2-5-15(17)13-20-19/h2-12,19-20H,13H2,1H3. The number of rotatable bonds is 2. The quantitative estimate of drug-likeness (QED) is 0.707. The van der Waals surface area contributed by atoms with E-state index in [1.54, 1.807) is 11.8 Å². The van der Waals surface area contributed by atoms with Crippen LogP contribution in [-0.4, -0.2) is 10.8 Å². The van der Waals surface area contributed by atoms with Crippen molar-refractivity contribution in [3.63, 3.8) is 0 Å². The fraction of sp³-hybridized carbons (Fsp3) is 0.158. The number of para-hydroxylation sites is 1. The summed E-state index contributed by atoms with van der Waals surface area (Å²) in [6.07, 6.45) is 4.27. The first kappa shape index (κ1) is 13.7. The van der Waals surface area contributed by atoms with Gasteiger partial charge < -0.3 is 9.88 Å². The Kier molecular flexibility index (Phi) is 3.53. The van der Waals surface area contributed by atoms with Crippen LogP contribution >= 0.6 is 11.8 Å². The summed E-state index contributed by atoms with van der Waals surface area (Å²) in [6.45, 7) is 0.882. The van der Waals surface area contributed by atoms with E-state index in [9.17, 15) is 0 Å². The summed E-state index contributed by atoms with van der Waals surface area (Å²) in [6, 6.07) is 22.0. The number of nitrogens with zero attached hydrogens (tertiary/aromatic N) is 1. The van der Waals surface area contributed by atoms with Crippen LogP contribution in [0.15, 0.2) is 71.8 Å². The Morgan fingerprint density at radius 3 is 2.64 bits per heavy atom. The highest BCUT2D eigenvalue weighted by Gasteiger charge is 2.22. The van der Waals surface area contributed by atoms with Crippen LogP contribution in [0.1, 0.15) is 22.9 Å². The van der Waals surface area contributed by atoms with Crippen molar-refractivity contribution in [3.05, 3.63) is 83.7 Å². The van der Waals surface area contributed by atoms with E-state index in [1.165, 1.54) is 27.4 Å². The molecule has 1 N–H and O–H groups in total. The molecule has 0 amide bonds. The molecule has 0 saturated carbocycles.